The van der Waals surface area contributed by atoms with Crippen LogP contribution in [0.25, 0.3) is 123 Å². The van der Waals surface area contributed by atoms with E-state index in [0.717, 1.165) is 56.5 Å². The fraction of sp³-hybridized carbons (Fsp3) is 0.0870. The van der Waals surface area contributed by atoms with E-state index in [2.05, 4.69) is 359 Å². The van der Waals surface area contributed by atoms with Crippen molar-refractivity contribution in [1.29, 1.82) is 0 Å². The van der Waals surface area contributed by atoms with Gasteiger partial charge in [-0.15, -0.1) is 22.7 Å². The molecule has 2 aliphatic heterocycles. The number of thiophene rings is 2. The van der Waals surface area contributed by atoms with Crippen molar-refractivity contribution in [3.05, 3.63) is 314 Å². The van der Waals surface area contributed by atoms with Crippen LogP contribution in [0.1, 0.15) is 52.7 Å². The van der Waals surface area contributed by atoms with Crippen LogP contribution in [0.5, 0.6) is 0 Å². The Morgan fingerprint density at radius 1 is 0.296 bits per heavy atom. The molecule has 5 heterocycles. The molecule has 2 aliphatic rings. The largest absolute Gasteiger partial charge is 0.311 e. The van der Waals surface area contributed by atoms with Crippen molar-refractivity contribution in [2.45, 2.75) is 52.4 Å². The van der Waals surface area contributed by atoms with Gasteiger partial charge in [0.05, 0.1) is 22.4 Å². The maximum absolute atomic E-state index is 2.71. The van der Waals surface area contributed by atoms with Crippen molar-refractivity contribution in [3.8, 4) is 61.3 Å². The molecule has 0 fully saturated rings. The first-order chi connectivity index (χ1) is 47.9. The summed E-state index contributed by atoms with van der Waals surface area (Å²) in [6, 6.07) is 116. The van der Waals surface area contributed by atoms with Gasteiger partial charge in [0.15, 0.2) is 0 Å². The molecule has 17 aromatic rings. The fourth-order valence-electron chi connectivity index (χ4n) is 16.2. The summed E-state index contributed by atoms with van der Waals surface area (Å²) >= 11 is 3.76. The zero-order valence-corrected chi connectivity index (χ0v) is 57.2. The van der Waals surface area contributed by atoms with Gasteiger partial charge in [-0.1, -0.05) is 266 Å². The second kappa shape index (κ2) is 22.3. The summed E-state index contributed by atoms with van der Waals surface area (Å²) in [7, 11) is 0. The molecule has 14 aromatic carbocycles. The van der Waals surface area contributed by atoms with Crippen LogP contribution in [0.2, 0.25) is 0 Å². The molecule has 3 aromatic heterocycles. The maximum Gasteiger partial charge on any atom is 0.252 e. The Labute approximate surface area is 580 Å². The van der Waals surface area contributed by atoms with Gasteiger partial charge in [0.2, 0.25) is 0 Å². The van der Waals surface area contributed by atoms with E-state index in [1.54, 1.807) is 0 Å². The minimum Gasteiger partial charge on any atom is -0.311 e. The van der Waals surface area contributed by atoms with Crippen LogP contribution in [-0.4, -0.2) is 11.3 Å². The number of hydrogen-bond acceptors (Lipinski definition) is 4. The molecule has 0 bridgehead atoms. The van der Waals surface area contributed by atoms with Crippen LogP contribution < -0.4 is 26.2 Å². The number of aromatic nitrogens is 1. The van der Waals surface area contributed by atoms with Crippen LogP contribution >= 0.6 is 22.7 Å². The molecule has 6 heteroatoms. The molecule has 0 N–H and O–H groups in total. The lowest BCUT2D eigenvalue weighted by atomic mass is 9.33. The van der Waals surface area contributed by atoms with Crippen molar-refractivity contribution in [2.24, 2.45) is 0 Å². The Balaban J connectivity index is 0.995. The zero-order valence-electron chi connectivity index (χ0n) is 55.6. The van der Waals surface area contributed by atoms with Gasteiger partial charge >= 0.3 is 0 Å². The van der Waals surface area contributed by atoms with Crippen molar-refractivity contribution < 1.29 is 0 Å². The van der Waals surface area contributed by atoms with Crippen molar-refractivity contribution >= 4 is 142 Å². The Bertz CT molecular complexity index is 6040. The normalized spacial score (nSPS) is 12.9. The Morgan fingerprint density at radius 3 is 1.52 bits per heavy atom. The minimum atomic E-state index is -0.229. The first-order valence-electron chi connectivity index (χ1n) is 34.2. The van der Waals surface area contributed by atoms with Crippen LogP contribution in [0.3, 0.4) is 0 Å². The molecule has 0 radical (unpaired) electrons. The monoisotopic (exact) mass is 1290 g/mol. The van der Waals surface area contributed by atoms with E-state index in [-0.39, 0.29) is 17.5 Å². The average Bonchev–Trinajstić information content (AvgIpc) is 0.875. The standard InChI is InChI=1S/C92H68BN3S2/c1-91(2,3)63-33-24-32-60(50-63)61-44-48-78-75(51-61)93-74-47-45-65(94-77-40-21-17-35-68(77)69-46-49-85-87(90(69)94)71-37-19-23-42-83(71)98-85)56-79(74)95(76-39-20-16-34-66(76)57-26-10-7-11-27-57)80-52-62(67-38-25-43-84-86(67)70-36-18-22-41-82(70)97-84)53-81(88(80)93)96(78)89-72(58-28-12-8-13-29-58)54-64(92(4,5)6)55-73(89)59-30-14-9-15-31-59/h7-56H,1-6H3. The van der Waals surface area contributed by atoms with E-state index in [4.69, 9.17) is 0 Å². The second-order valence-corrected chi connectivity index (χ2v) is 30.9. The summed E-state index contributed by atoms with van der Waals surface area (Å²) in [6.07, 6.45) is 0. The van der Waals surface area contributed by atoms with Crippen molar-refractivity contribution in [3.63, 3.8) is 0 Å². The number of fused-ring (bicyclic) bond motifs is 14. The summed E-state index contributed by atoms with van der Waals surface area (Å²) in [5.41, 5.74) is 28.2. The van der Waals surface area contributed by atoms with Gasteiger partial charge in [-0.3, -0.25) is 0 Å². The molecule has 98 heavy (non-hydrogen) atoms. The quantitative estimate of drug-likeness (QED) is 0.141. The van der Waals surface area contributed by atoms with Gasteiger partial charge < -0.3 is 14.4 Å². The smallest absolute Gasteiger partial charge is 0.252 e. The summed E-state index contributed by atoms with van der Waals surface area (Å²) in [5, 5.41) is 7.62. The van der Waals surface area contributed by atoms with Gasteiger partial charge in [0.1, 0.15) is 0 Å². The van der Waals surface area contributed by atoms with Crippen LogP contribution in [0.15, 0.2) is 303 Å². The average molecular weight is 1290 g/mol. The molecule has 19 rings (SSSR count). The molecule has 0 atom stereocenters. The highest BCUT2D eigenvalue weighted by molar-refractivity contribution is 7.26. The SMILES string of the molecule is CC(C)(C)c1cccc(-c2ccc3c(c2)B2c4ccc(-n5c6ccccc6c6ccc7sc8ccccc8c7c65)cc4N(c4ccccc4-c4ccccc4)c4cc(-c5cccc6sc7ccccc7c56)cc(c42)N3c2c(-c3ccccc3)cc(C(C)(C)C)cc2-c2ccccc2)c1. The first kappa shape index (κ1) is 58.3. The minimum absolute atomic E-state index is 0.0503. The number of hydrogen-bond donors (Lipinski definition) is 0. The molecule has 0 spiro atoms. The van der Waals surface area contributed by atoms with E-state index < -0.39 is 0 Å². The predicted molar refractivity (Wildman–Crippen MR) is 425 cm³/mol. The Kier molecular flexibility index (Phi) is 13.3. The molecule has 3 nitrogen and oxygen atoms in total. The van der Waals surface area contributed by atoms with E-state index >= 15 is 0 Å². The zero-order chi connectivity index (χ0) is 65.7. The lowest BCUT2D eigenvalue weighted by Gasteiger charge is -2.46. The van der Waals surface area contributed by atoms with E-state index in [0.29, 0.717) is 0 Å². The number of nitrogens with zero attached hydrogens (tertiary/aromatic N) is 3. The molecule has 0 saturated heterocycles. The van der Waals surface area contributed by atoms with E-state index in [9.17, 15) is 0 Å². The van der Waals surface area contributed by atoms with Gasteiger partial charge in [-0.2, -0.15) is 0 Å². The molecular weight excluding hydrogens is 1220 g/mol. The van der Waals surface area contributed by atoms with E-state index in [1.807, 2.05) is 22.7 Å². The summed E-state index contributed by atoms with van der Waals surface area (Å²) in [6.45, 7) is 13.8. The number of benzene rings is 14. The topological polar surface area (TPSA) is 11.4 Å². The molecule has 0 saturated carbocycles. The molecule has 0 amide bonds. The summed E-state index contributed by atoms with van der Waals surface area (Å²) in [4.78, 5) is 5.38. The number of anilines is 6. The highest BCUT2D eigenvalue weighted by Crippen LogP contribution is 2.55. The third-order valence-electron chi connectivity index (χ3n) is 20.9. The highest BCUT2D eigenvalue weighted by Gasteiger charge is 2.46. The lowest BCUT2D eigenvalue weighted by Crippen LogP contribution is -2.61. The van der Waals surface area contributed by atoms with Gasteiger partial charge in [-0.05, 0) is 156 Å². The van der Waals surface area contributed by atoms with Gasteiger partial charge in [0, 0.05) is 96.2 Å². The van der Waals surface area contributed by atoms with Gasteiger partial charge in [0.25, 0.3) is 6.71 Å². The summed E-state index contributed by atoms with van der Waals surface area (Å²) in [5.74, 6) is 0. The summed E-state index contributed by atoms with van der Waals surface area (Å²) < 4.78 is 7.72. The highest BCUT2D eigenvalue weighted by atomic mass is 32.1. The predicted octanol–water partition coefficient (Wildman–Crippen LogP) is 24.5. The van der Waals surface area contributed by atoms with Gasteiger partial charge in [-0.25, -0.2) is 0 Å². The van der Waals surface area contributed by atoms with Crippen molar-refractivity contribution in [1.82, 2.24) is 4.57 Å². The fourth-order valence-corrected chi connectivity index (χ4v) is 18.4. The number of rotatable bonds is 8. The first-order valence-corrected chi connectivity index (χ1v) is 35.9. The molecule has 466 valence electrons. The third kappa shape index (κ3) is 9.15. The van der Waals surface area contributed by atoms with Crippen LogP contribution in [0.4, 0.5) is 34.1 Å². The lowest BCUT2D eigenvalue weighted by molar-refractivity contribution is 0.590. The Hall–Kier alpha value is -11.0. The van der Waals surface area contributed by atoms with Crippen LogP contribution in [0, 0.1) is 0 Å². The third-order valence-corrected chi connectivity index (χ3v) is 23.1. The van der Waals surface area contributed by atoms with Crippen LogP contribution in [-0.2, 0) is 10.8 Å². The molecular formula is C92H68BN3S2. The second-order valence-electron chi connectivity index (χ2n) is 28.7. The maximum atomic E-state index is 2.71. The molecule has 0 unspecified atom stereocenters. The number of para-hydroxylation sites is 2. The Morgan fingerprint density at radius 2 is 0.837 bits per heavy atom. The van der Waals surface area contributed by atoms with Crippen molar-refractivity contribution in [2.75, 3.05) is 9.80 Å². The van der Waals surface area contributed by atoms with E-state index in [1.165, 1.54) is 129 Å². The molecule has 0 aliphatic carbocycles.